The monoisotopic (exact) mass is 241 g/mol. The minimum Gasteiger partial charge on any atom is -0.314 e. The Hall–Kier alpha value is -0.0400. The summed E-state index contributed by atoms with van der Waals surface area (Å²) >= 11 is 0. The van der Waals surface area contributed by atoms with Crippen LogP contribution in [0.4, 0.5) is 0 Å². The van der Waals surface area contributed by atoms with Gasteiger partial charge in [0.2, 0.25) is 0 Å². The van der Waals surface area contributed by atoms with Crippen molar-refractivity contribution >= 4 is 0 Å². The van der Waals surface area contributed by atoms with Crippen molar-refractivity contribution in [1.82, 2.24) is 5.32 Å². The Morgan fingerprint density at radius 2 is 1.65 bits per heavy atom. The zero-order chi connectivity index (χ0) is 13.3. The SMILES string of the molecule is CCCCC(CC)(CNC(C)C)C(C)CCC. The first-order valence-electron chi connectivity index (χ1n) is 7.75. The summed E-state index contributed by atoms with van der Waals surface area (Å²) in [6.45, 7) is 15.2. The summed E-state index contributed by atoms with van der Waals surface area (Å²) in [4.78, 5) is 0. The molecule has 0 aromatic heterocycles. The van der Waals surface area contributed by atoms with Gasteiger partial charge in [-0.3, -0.25) is 0 Å². The van der Waals surface area contributed by atoms with Gasteiger partial charge in [0.25, 0.3) is 0 Å². The molecule has 0 aliphatic heterocycles. The zero-order valence-corrected chi connectivity index (χ0v) is 13.1. The second-order valence-corrected chi connectivity index (χ2v) is 6.04. The van der Waals surface area contributed by atoms with E-state index in [-0.39, 0.29) is 0 Å². The van der Waals surface area contributed by atoms with Crippen molar-refractivity contribution in [2.75, 3.05) is 6.54 Å². The van der Waals surface area contributed by atoms with Gasteiger partial charge in [-0.05, 0) is 24.2 Å². The van der Waals surface area contributed by atoms with E-state index in [1.807, 2.05) is 0 Å². The van der Waals surface area contributed by atoms with E-state index in [2.05, 4.69) is 46.9 Å². The van der Waals surface area contributed by atoms with Gasteiger partial charge in [0.1, 0.15) is 0 Å². The van der Waals surface area contributed by atoms with E-state index in [4.69, 9.17) is 0 Å². The van der Waals surface area contributed by atoms with Crippen molar-refractivity contribution in [2.45, 2.75) is 86.1 Å². The van der Waals surface area contributed by atoms with Gasteiger partial charge in [-0.25, -0.2) is 0 Å². The molecule has 0 aliphatic carbocycles. The number of unbranched alkanes of at least 4 members (excludes halogenated alkanes) is 1. The molecule has 1 nitrogen and oxygen atoms in total. The van der Waals surface area contributed by atoms with E-state index < -0.39 is 0 Å². The van der Waals surface area contributed by atoms with E-state index >= 15 is 0 Å². The van der Waals surface area contributed by atoms with E-state index in [1.165, 1.54) is 45.1 Å². The molecule has 0 saturated heterocycles. The summed E-state index contributed by atoms with van der Waals surface area (Å²) < 4.78 is 0. The molecular formula is C16H35N. The predicted octanol–water partition coefficient (Wildman–Crippen LogP) is 5.01. The highest BCUT2D eigenvalue weighted by atomic mass is 14.9. The maximum Gasteiger partial charge on any atom is 0.00126 e. The highest BCUT2D eigenvalue weighted by Gasteiger charge is 2.32. The average Bonchev–Trinajstić information content (AvgIpc) is 2.30. The largest absolute Gasteiger partial charge is 0.314 e. The molecule has 0 saturated carbocycles. The molecule has 0 radical (unpaired) electrons. The van der Waals surface area contributed by atoms with Gasteiger partial charge in [0.15, 0.2) is 0 Å². The van der Waals surface area contributed by atoms with Crippen LogP contribution in [0, 0.1) is 11.3 Å². The van der Waals surface area contributed by atoms with Gasteiger partial charge in [0.05, 0.1) is 0 Å². The molecule has 0 aliphatic rings. The third kappa shape index (κ3) is 5.90. The van der Waals surface area contributed by atoms with Crippen molar-refractivity contribution in [3.63, 3.8) is 0 Å². The zero-order valence-electron chi connectivity index (χ0n) is 13.1. The average molecular weight is 241 g/mol. The van der Waals surface area contributed by atoms with Crippen LogP contribution in [0.15, 0.2) is 0 Å². The number of nitrogens with one attached hydrogen (secondary N) is 1. The Kier molecular flexibility index (Phi) is 8.94. The maximum absolute atomic E-state index is 3.69. The topological polar surface area (TPSA) is 12.0 Å². The van der Waals surface area contributed by atoms with Gasteiger partial charge in [-0.2, -0.15) is 0 Å². The molecule has 17 heavy (non-hydrogen) atoms. The second-order valence-electron chi connectivity index (χ2n) is 6.04. The van der Waals surface area contributed by atoms with Crippen LogP contribution in [0.1, 0.15) is 80.1 Å². The quantitative estimate of drug-likeness (QED) is 0.567. The summed E-state index contributed by atoms with van der Waals surface area (Å²) in [6.07, 6.45) is 8.09. The molecule has 104 valence electrons. The molecule has 0 fully saturated rings. The minimum atomic E-state index is 0.524. The predicted molar refractivity (Wildman–Crippen MR) is 79.5 cm³/mol. The fourth-order valence-corrected chi connectivity index (χ4v) is 2.83. The normalized spacial score (nSPS) is 17.1. The van der Waals surface area contributed by atoms with Gasteiger partial charge in [-0.1, -0.05) is 67.2 Å². The summed E-state index contributed by atoms with van der Waals surface area (Å²) in [5, 5.41) is 3.69. The van der Waals surface area contributed by atoms with Gasteiger partial charge in [-0.15, -0.1) is 0 Å². The lowest BCUT2D eigenvalue weighted by atomic mass is 9.69. The Morgan fingerprint density at radius 3 is 2.06 bits per heavy atom. The lowest BCUT2D eigenvalue weighted by molar-refractivity contribution is 0.127. The minimum absolute atomic E-state index is 0.524. The summed E-state index contributed by atoms with van der Waals surface area (Å²) in [6, 6.07) is 0.608. The molecule has 0 amide bonds. The van der Waals surface area contributed by atoms with Crippen molar-refractivity contribution < 1.29 is 0 Å². The molecule has 0 aromatic rings. The summed E-state index contributed by atoms with van der Waals surface area (Å²) in [7, 11) is 0. The van der Waals surface area contributed by atoms with E-state index in [0.717, 1.165) is 5.92 Å². The fraction of sp³-hybridized carbons (Fsp3) is 1.00. The van der Waals surface area contributed by atoms with Gasteiger partial charge in [0, 0.05) is 12.6 Å². The first kappa shape index (κ1) is 17.0. The Morgan fingerprint density at radius 1 is 1.00 bits per heavy atom. The maximum atomic E-state index is 3.69. The Labute approximate surface area is 110 Å². The number of hydrogen-bond acceptors (Lipinski definition) is 1. The molecule has 0 heterocycles. The molecule has 0 aromatic carbocycles. The molecule has 2 atom stereocenters. The van der Waals surface area contributed by atoms with E-state index in [1.54, 1.807) is 0 Å². The number of hydrogen-bond donors (Lipinski definition) is 1. The highest BCUT2D eigenvalue weighted by Crippen LogP contribution is 2.39. The summed E-state index contributed by atoms with van der Waals surface area (Å²) in [5.74, 6) is 0.843. The second kappa shape index (κ2) is 8.97. The van der Waals surface area contributed by atoms with Gasteiger partial charge >= 0.3 is 0 Å². The Bertz CT molecular complexity index is 176. The van der Waals surface area contributed by atoms with Crippen molar-refractivity contribution in [3.8, 4) is 0 Å². The Balaban J connectivity index is 4.60. The van der Waals surface area contributed by atoms with Crippen LogP contribution in [0.3, 0.4) is 0 Å². The molecule has 0 rings (SSSR count). The van der Waals surface area contributed by atoms with Crippen LogP contribution in [-0.4, -0.2) is 12.6 Å². The lowest BCUT2D eigenvalue weighted by Gasteiger charge is -2.40. The first-order valence-corrected chi connectivity index (χ1v) is 7.75. The lowest BCUT2D eigenvalue weighted by Crippen LogP contribution is -2.41. The van der Waals surface area contributed by atoms with Crippen LogP contribution >= 0.6 is 0 Å². The number of rotatable bonds is 10. The summed E-state index contributed by atoms with van der Waals surface area (Å²) in [5.41, 5.74) is 0.524. The molecule has 1 N–H and O–H groups in total. The molecule has 0 bridgehead atoms. The smallest absolute Gasteiger partial charge is 0.00126 e. The van der Waals surface area contributed by atoms with Crippen molar-refractivity contribution in [2.24, 2.45) is 11.3 Å². The van der Waals surface area contributed by atoms with Gasteiger partial charge < -0.3 is 5.32 Å². The van der Waals surface area contributed by atoms with Crippen molar-refractivity contribution in [3.05, 3.63) is 0 Å². The van der Waals surface area contributed by atoms with Crippen molar-refractivity contribution in [1.29, 1.82) is 0 Å². The van der Waals surface area contributed by atoms with Crippen LogP contribution in [0.2, 0.25) is 0 Å². The van der Waals surface area contributed by atoms with E-state index in [9.17, 15) is 0 Å². The molecule has 1 heteroatoms. The first-order chi connectivity index (χ1) is 8.02. The van der Waals surface area contributed by atoms with Crippen LogP contribution in [0.25, 0.3) is 0 Å². The molecule has 2 unspecified atom stereocenters. The highest BCUT2D eigenvalue weighted by molar-refractivity contribution is 4.85. The van der Waals surface area contributed by atoms with Crippen LogP contribution < -0.4 is 5.32 Å². The van der Waals surface area contributed by atoms with E-state index in [0.29, 0.717) is 11.5 Å². The third-order valence-electron chi connectivity index (χ3n) is 4.36. The molecule has 0 spiro atoms. The fourth-order valence-electron chi connectivity index (χ4n) is 2.83. The molecular weight excluding hydrogens is 206 g/mol. The third-order valence-corrected chi connectivity index (χ3v) is 4.36. The van der Waals surface area contributed by atoms with Crippen LogP contribution in [0.5, 0.6) is 0 Å². The standard InChI is InChI=1S/C16H35N/c1-7-10-12-16(9-3,13-17-14(4)5)15(6)11-8-2/h14-15,17H,7-13H2,1-6H3. The van der Waals surface area contributed by atoms with Crippen LogP contribution in [-0.2, 0) is 0 Å².